The van der Waals surface area contributed by atoms with Crippen LogP contribution >= 0.6 is 0 Å². The summed E-state index contributed by atoms with van der Waals surface area (Å²) >= 11 is 0. The minimum Gasteiger partial charge on any atom is -0.463 e. The van der Waals surface area contributed by atoms with Gasteiger partial charge >= 0.3 is 5.97 Å². The van der Waals surface area contributed by atoms with Crippen LogP contribution in [0.25, 0.3) is 11.3 Å². The van der Waals surface area contributed by atoms with Gasteiger partial charge in [0.05, 0.1) is 7.11 Å². The zero-order chi connectivity index (χ0) is 12.4. The van der Waals surface area contributed by atoms with Gasteiger partial charge in [0.2, 0.25) is 5.76 Å². The molecule has 0 saturated heterocycles. The standard InChI is InChI=1S/C14H14O3/c1-9-6-10(2)8-11(7-9)12-4-5-13(17-12)14(15)16-3/h4-8H,1-3H3. The normalized spacial score (nSPS) is 10.3. The number of hydrogen-bond donors (Lipinski definition) is 0. The van der Waals surface area contributed by atoms with E-state index in [0.717, 1.165) is 16.7 Å². The Balaban J connectivity index is 2.40. The molecule has 0 N–H and O–H groups in total. The Morgan fingerprint density at radius 2 is 1.76 bits per heavy atom. The minimum absolute atomic E-state index is 0.224. The fraction of sp³-hybridized carbons (Fsp3) is 0.214. The van der Waals surface area contributed by atoms with Crippen LogP contribution in [0.4, 0.5) is 0 Å². The van der Waals surface area contributed by atoms with Crippen LogP contribution < -0.4 is 0 Å². The summed E-state index contributed by atoms with van der Waals surface area (Å²) in [6.45, 7) is 4.06. The van der Waals surface area contributed by atoms with E-state index in [1.165, 1.54) is 7.11 Å². The molecule has 1 heterocycles. The molecule has 0 spiro atoms. The Hall–Kier alpha value is -2.03. The summed E-state index contributed by atoms with van der Waals surface area (Å²) in [6.07, 6.45) is 0. The molecule has 0 radical (unpaired) electrons. The highest BCUT2D eigenvalue weighted by atomic mass is 16.5. The van der Waals surface area contributed by atoms with E-state index in [1.54, 1.807) is 12.1 Å². The highest BCUT2D eigenvalue weighted by molar-refractivity contribution is 5.87. The first kappa shape index (κ1) is 11.5. The van der Waals surface area contributed by atoms with Crippen LogP contribution in [-0.4, -0.2) is 13.1 Å². The predicted molar refractivity (Wildman–Crippen MR) is 65.0 cm³/mol. The molecule has 0 unspecified atom stereocenters. The van der Waals surface area contributed by atoms with Crippen LogP contribution in [0.5, 0.6) is 0 Å². The predicted octanol–water partition coefficient (Wildman–Crippen LogP) is 3.35. The van der Waals surface area contributed by atoms with Crippen molar-refractivity contribution in [3.8, 4) is 11.3 Å². The molecule has 0 bridgehead atoms. The average Bonchev–Trinajstić information content (AvgIpc) is 2.76. The van der Waals surface area contributed by atoms with Crippen LogP contribution in [0.1, 0.15) is 21.7 Å². The Labute approximate surface area is 100 Å². The van der Waals surface area contributed by atoms with Gasteiger partial charge in [-0.2, -0.15) is 0 Å². The molecule has 0 fully saturated rings. The van der Waals surface area contributed by atoms with Crippen LogP contribution in [0.3, 0.4) is 0 Å². The Morgan fingerprint density at radius 1 is 1.12 bits per heavy atom. The number of methoxy groups -OCH3 is 1. The Bertz CT molecular complexity index is 532. The first-order valence-corrected chi connectivity index (χ1v) is 5.37. The van der Waals surface area contributed by atoms with Crippen molar-refractivity contribution in [1.29, 1.82) is 0 Å². The van der Waals surface area contributed by atoms with Crippen LogP contribution in [0.2, 0.25) is 0 Å². The van der Waals surface area contributed by atoms with Gasteiger partial charge in [0, 0.05) is 5.56 Å². The second-order valence-electron chi connectivity index (χ2n) is 4.03. The van der Waals surface area contributed by atoms with Crippen molar-refractivity contribution < 1.29 is 13.9 Å². The lowest BCUT2D eigenvalue weighted by Crippen LogP contribution is -1.98. The van der Waals surface area contributed by atoms with Crippen molar-refractivity contribution in [3.05, 3.63) is 47.2 Å². The highest BCUT2D eigenvalue weighted by Crippen LogP contribution is 2.24. The van der Waals surface area contributed by atoms with Crippen molar-refractivity contribution in [2.75, 3.05) is 7.11 Å². The summed E-state index contributed by atoms with van der Waals surface area (Å²) in [5.41, 5.74) is 3.30. The molecule has 3 heteroatoms. The van der Waals surface area contributed by atoms with Crippen molar-refractivity contribution in [1.82, 2.24) is 0 Å². The number of hydrogen-bond acceptors (Lipinski definition) is 3. The van der Waals surface area contributed by atoms with E-state index in [-0.39, 0.29) is 5.76 Å². The van der Waals surface area contributed by atoms with Gasteiger partial charge in [-0.25, -0.2) is 4.79 Å². The van der Waals surface area contributed by atoms with Crippen LogP contribution in [0, 0.1) is 13.8 Å². The smallest absolute Gasteiger partial charge is 0.373 e. The molecule has 0 aliphatic rings. The first-order chi connectivity index (χ1) is 8.10. The van der Waals surface area contributed by atoms with Gasteiger partial charge in [-0.15, -0.1) is 0 Å². The number of benzene rings is 1. The number of furan rings is 1. The fourth-order valence-electron chi connectivity index (χ4n) is 1.82. The van der Waals surface area contributed by atoms with Crippen molar-refractivity contribution in [3.63, 3.8) is 0 Å². The zero-order valence-electron chi connectivity index (χ0n) is 10.1. The molecule has 17 heavy (non-hydrogen) atoms. The van der Waals surface area contributed by atoms with Gasteiger partial charge < -0.3 is 9.15 Å². The fourth-order valence-corrected chi connectivity index (χ4v) is 1.82. The summed E-state index contributed by atoms with van der Waals surface area (Å²) in [4.78, 5) is 11.3. The lowest BCUT2D eigenvalue weighted by atomic mass is 10.1. The quantitative estimate of drug-likeness (QED) is 0.743. The summed E-state index contributed by atoms with van der Waals surface area (Å²) in [6, 6.07) is 9.53. The lowest BCUT2D eigenvalue weighted by molar-refractivity contribution is 0.0566. The molecule has 0 saturated carbocycles. The van der Waals surface area contributed by atoms with E-state index < -0.39 is 5.97 Å². The Morgan fingerprint density at radius 3 is 2.35 bits per heavy atom. The van der Waals surface area contributed by atoms with E-state index in [4.69, 9.17) is 4.42 Å². The molecule has 2 rings (SSSR count). The Kier molecular flexibility index (Phi) is 3.00. The van der Waals surface area contributed by atoms with E-state index in [2.05, 4.69) is 10.8 Å². The molecule has 2 aromatic rings. The van der Waals surface area contributed by atoms with Crippen molar-refractivity contribution in [2.45, 2.75) is 13.8 Å². The number of aryl methyl sites for hydroxylation is 2. The molecular formula is C14H14O3. The summed E-state index contributed by atoms with van der Waals surface area (Å²) < 4.78 is 10.1. The van der Waals surface area contributed by atoms with E-state index >= 15 is 0 Å². The topological polar surface area (TPSA) is 39.4 Å². The third-order valence-corrected chi connectivity index (χ3v) is 2.50. The largest absolute Gasteiger partial charge is 0.463 e. The van der Waals surface area contributed by atoms with Crippen LogP contribution in [-0.2, 0) is 4.74 Å². The van der Waals surface area contributed by atoms with Gasteiger partial charge in [-0.1, -0.05) is 17.2 Å². The van der Waals surface area contributed by atoms with Crippen LogP contribution in [0.15, 0.2) is 34.7 Å². The summed E-state index contributed by atoms with van der Waals surface area (Å²) in [5, 5.41) is 0. The van der Waals surface area contributed by atoms with E-state index in [9.17, 15) is 4.79 Å². The molecule has 0 aliphatic heterocycles. The molecule has 88 valence electrons. The first-order valence-electron chi connectivity index (χ1n) is 5.37. The second-order valence-corrected chi connectivity index (χ2v) is 4.03. The molecule has 1 aromatic carbocycles. The van der Waals surface area contributed by atoms with Gasteiger partial charge in [0.25, 0.3) is 0 Å². The molecule has 1 aromatic heterocycles. The maximum absolute atomic E-state index is 11.3. The summed E-state index contributed by atoms with van der Waals surface area (Å²) in [7, 11) is 1.33. The van der Waals surface area contributed by atoms with Gasteiger partial charge in [-0.05, 0) is 38.1 Å². The third-order valence-electron chi connectivity index (χ3n) is 2.50. The highest BCUT2D eigenvalue weighted by Gasteiger charge is 2.12. The van der Waals surface area contributed by atoms with Gasteiger partial charge in [-0.3, -0.25) is 0 Å². The molecular weight excluding hydrogens is 216 g/mol. The number of ether oxygens (including phenoxy) is 1. The maximum atomic E-state index is 11.3. The maximum Gasteiger partial charge on any atom is 0.373 e. The number of rotatable bonds is 2. The number of carbonyl (C=O) groups excluding carboxylic acids is 1. The monoisotopic (exact) mass is 230 g/mol. The number of esters is 1. The third kappa shape index (κ3) is 2.38. The SMILES string of the molecule is COC(=O)c1ccc(-c2cc(C)cc(C)c2)o1. The minimum atomic E-state index is -0.458. The van der Waals surface area contributed by atoms with Crippen molar-refractivity contribution in [2.24, 2.45) is 0 Å². The molecule has 3 nitrogen and oxygen atoms in total. The average molecular weight is 230 g/mol. The molecule has 0 atom stereocenters. The zero-order valence-corrected chi connectivity index (χ0v) is 10.1. The van der Waals surface area contributed by atoms with Gasteiger partial charge in [0.15, 0.2) is 0 Å². The molecule has 0 aliphatic carbocycles. The molecule has 0 amide bonds. The van der Waals surface area contributed by atoms with Crippen molar-refractivity contribution >= 4 is 5.97 Å². The van der Waals surface area contributed by atoms with E-state index in [1.807, 2.05) is 26.0 Å². The second kappa shape index (κ2) is 4.45. The van der Waals surface area contributed by atoms with Gasteiger partial charge in [0.1, 0.15) is 5.76 Å². The summed E-state index contributed by atoms with van der Waals surface area (Å²) in [5.74, 6) is 0.444. The lowest BCUT2D eigenvalue weighted by Gasteiger charge is -2.01. The van der Waals surface area contributed by atoms with E-state index in [0.29, 0.717) is 5.76 Å². The number of carbonyl (C=O) groups is 1.